The van der Waals surface area contributed by atoms with E-state index in [2.05, 4.69) is 0 Å². The van der Waals surface area contributed by atoms with Gasteiger partial charge in [0.05, 0.1) is 0 Å². The van der Waals surface area contributed by atoms with Crippen LogP contribution in [-0.4, -0.2) is 5.24 Å². The van der Waals surface area contributed by atoms with Crippen molar-refractivity contribution in [1.82, 2.24) is 0 Å². The zero-order valence-electron chi connectivity index (χ0n) is 9.79. The molecule has 36 valence electrons. The second kappa shape index (κ2) is 3.16. The second-order valence-corrected chi connectivity index (χ2v) is 0.867. The Morgan fingerprint density at radius 2 is 3.00 bits per heavy atom. The van der Waals surface area contributed by atoms with Gasteiger partial charge in [0.15, 0.2) is 0 Å². The Bertz CT molecular complexity index is 219. The SMILES string of the molecule is [2H]C([2H])([2H])C([2H])([2H])C([2H])([2H])C(=O)Cl. The van der Waals surface area contributed by atoms with E-state index in [1.54, 1.807) is 0 Å². The van der Waals surface area contributed by atoms with E-state index in [-0.39, 0.29) is 0 Å². The first kappa shape index (κ1) is 1.03. The van der Waals surface area contributed by atoms with Crippen LogP contribution in [-0.2, 0) is 4.79 Å². The van der Waals surface area contributed by atoms with Crippen molar-refractivity contribution in [2.45, 2.75) is 19.6 Å². The average molecular weight is 114 g/mol. The van der Waals surface area contributed by atoms with Gasteiger partial charge in [-0.25, -0.2) is 0 Å². The number of halogens is 1. The molecule has 0 atom stereocenters. The molecule has 0 amide bonds. The Morgan fingerprint density at radius 1 is 2.33 bits per heavy atom. The third kappa shape index (κ3) is 3.96. The van der Waals surface area contributed by atoms with Crippen LogP contribution in [0.2, 0.25) is 0 Å². The van der Waals surface area contributed by atoms with Crippen LogP contribution in [0.15, 0.2) is 0 Å². The van der Waals surface area contributed by atoms with Crippen LogP contribution in [0.1, 0.15) is 29.2 Å². The van der Waals surface area contributed by atoms with Crippen molar-refractivity contribution >= 4 is 16.8 Å². The van der Waals surface area contributed by atoms with E-state index in [0.29, 0.717) is 0 Å². The van der Waals surface area contributed by atoms with Gasteiger partial charge in [-0.2, -0.15) is 0 Å². The van der Waals surface area contributed by atoms with Crippen LogP contribution < -0.4 is 0 Å². The minimum atomic E-state index is -3.29. The van der Waals surface area contributed by atoms with E-state index >= 15 is 0 Å². The van der Waals surface area contributed by atoms with Gasteiger partial charge < -0.3 is 0 Å². The fraction of sp³-hybridized carbons (Fsp3) is 0.750. The van der Waals surface area contributed by atoms with Crippen LogP contribution in [0.3, 0.4) is 0 Å². The highest BCUT2D eigenvalue weighted by atomic mass is 35.5. The average Bonchev–Trinajstić information content (AvgIpc) is 1.84. The molecule has 0 aliphatic rings. The molecule has 0 heterocycles. The van der Waals surface area contributed by atoms with Gasteiger partial charge in [-0.1, -0.05) is 6.85 Å². The van der Waals surface area contributed by atoms with Crippen LogP contribution in [0, 0.1) is 0 Å². The fourth-order valence-corrected chi connectivity index (χ4v) is 0.0964. The summed E-state index contributed by atoms with van der Waals surface area (Å²) in [5.74, 6) is 0. The maximum absolute atomic E-state index is 10.5. The van der Waals surface area contributed by atoms with Crippen molar-refractivity contribution < 1.29 is 14.4 Å². The summed E-state index contributed by atoms with van der Waals surface area (Å²) in [7, 11) is 0. The van der Waals surface area contributed by atoms with E-state index in [1.165, 1.54) is 0 Å². The molecule has 0 rings (SSSR count). The number of carbonyl (C=O) groups excluding carboxylic acids is 1. The number of carbonyl (C=O) groups is 1. The summed E-state index contributed by atoms with van der Waals surface area (Å²) in [4.78, 5) is 10.5. The summed E-state index contributed by atoms with van der Waals surface area (Å²) < 4.78 is 47.7. The van der Waals surface area contributed by atoms with E-state index in [4.69, 9.17) is 21.2 Å². The van der Waals surface area contributed by atoms with Crippen molar-refractivity contribution in [1.29, 1.82) is 0 Å². The highest BCUT2D eigenvalue weighted by Gasteiger charge is 1.87. The smallest absolute Gasteiger partial charge is 0.221 e. The Morgan fingerprint density at radius 3 is 3.17 bits per heavy atom. The monoisotopic (exact) mass is 113 g/mol. The van der Waals surface area contributed by atoms with Gasteiger partial charge in [-0.3, -0.25) is 4.79 Å². The van der Waals surface area contributed by atoms with E-state index in [9.17, 15) is 4.79 Å². The van der Waals surface area contributed by atoms with Crippen molar-refractivity contribution in [3.05, 3.63) is 0 Å². The molecular formula is C4H7ClO. The number of hydrogen-bond donors (Lipinski definition) is 0. The molecule has 0 fully saturated rings. The molecule has 0 aliphatic carbocycles. The molecule has 2 heteroatoms. The van der Waals surface area contributed by atoms with Gasteiger partial charge in [0.25, 0.3) is 0 Å². The van der Waals surface area contributed by atoms with Crippen LogP contribution in [0.5, 0.6) is 0 Å². The normalized spacial score (nSPS) is 32.5. The third-order valence-corrected chi connectivity index (χ3v) is 0.255. The minimum Gasteiger partial charge on any atom is -0.281 e. The van der Waals surface area contributed by atoms with E-state index < -0.39 is 24.8 Å². The van der Waals surface area contributed by atoms with Crippen molar-refractivity contribution in [2.24, 2.45) is 0 Å². The summed E-state index contributed by atoms with van der Waals surface area (Å²) in [6.45, 7) is -3.24. The minimum absolute atomic E-state index is 1.66. The quantitative estimate of drug-likeness (QED) is 0.497. The number of hydrogen-bond acceptors (Lipinski definition) is 1. The third-order valence-electron chi connectivity index (χ3n) is 0.161. The lowest BCUT2D eigenvalue weighted by atomic mass is 10.4. The molecule has 0 radical (unpaired) electrons. The van der Waals surface area contributed by atoms with Gasteiger partial charge >= 0.3 is 0 Å². The van der Waals surface area contributed by atoms with Crippen LogP contribution in [0.25, 0.3) is 0 Å². The van der Waals surface area contributed by atoms with Crippen molar-refractivity contribution in [2.75, 3.05) is 0 Å². The Kier molecular flexibility index (Phi) is 0.540. The molecule has 0 saturated carbocycles. The summed E-state index contributed by atoms with van der Waals surface area (Å²) in [6, 6.07) is 0. The molecular weight excluding hydrogens is 99.5 g/mol. The first-order valence-corrected chi connectivity index (χ1v) is 1.52. The molecule has 0 aromatic heterocycles. The lowest BCUT2D eigenvalue weighted by Gasteiger charge is -1.77. The van der Waals surface area contributed by atoms with E-state index in [1.807, 2.05) is 0 Å². The lowest BCUT2D eigenvalue weighted by Crippen LogP contribution is -1.79. The molecule has 0 spiro atoms. The Hall–Kier alpha value is -0.0400. The highest BCUT2D eigenvalue weighted by Crippen LogP contribution is 1.90. The number of rotatable bonds is 2. The molecule has 0 aliphatic heterocycles. The maximum atomic E-state index is 10.5. The summed E-state index contributed by atoms with van der Waals surface area (Å²) in [6.07, 6.45) is -6.52. The van der Waals surface area contributed by atoms with Gasteiger partial charge in [0.1, 0.15) is 0 Å². The van der Waals surface area contributed by atoms with Crippen LogP contribution >= 0.6 is 11.6 Å². The predicted octanol–water partition coefficient (Wildman–Crippen LogP) is 1.55. The molecule has 0 aromatic carbocycles. The maximum Gasteiger partial charge on any atom is 0.221 e. The molecule has 0 aromatic rings. The van der Waals surface area contributed by atoms with Crippen LogP contribution in [0.4, 0.5) is 0 Å². The van der Waals surface area contributed by atoms with Crippen molar-refractivity contribution in [3.63, 3.8) is 0 Å². The molecule has 0 bridgehead atoms. The molecule has 0 unspecified atom stereocenters. The topological polar surface area (TPSA) is 17.1 Å². The van der Waals surface area contributed by atoms with E-state index in [0.717, 1.165) is 0 Å². The van der Waals surface area contributed by atoms with Gasteiger partial charge in [0, 0.05) is 16.0 Å². The molecule has 6 heavy (non-hydrogen) atoms. The summed E-state index contributed by atoms with van der Waals surface area (Å²) in [5.41, 5.74) is 0. The summed E-state index contributed by atoms with van der Waals surface area (Å²) in [5, 5.41) is -1.66. The van der Waals surface area contributed by atoms with Gasteiger partial charge in [-0.05, 0) is 18.0 Å². The standard InChI is InChI=1S/C4H7ClO/c1-2-3-4(5)6/h2-3H2,1H3/i1D3,2D2,3D2. The highest BCUT2D eigenvalue weighted by molar-refractivity contribution is 6.63. The second-order valence-electron chi connectivity index (χ2n) is 0.524. The fourth-order valence-electron chi connectivity index (χ4n) is 0.0491. The zero-order chi connectivity index (χ0) is 11.1. The molecule has 0 saturated heterocycles. The van der Waals surface area contributed by atoms with Crippen molar-refractivity contribution in [3.8, 4) is 0 Å². The predicted molar refractivity (Wildman–Crippen MR) is 25.8 cm³/mol. The summed E-state index contributed by atoms with van der Waals surface area (Å²) >= 11 is 4.76. The molecule has 0 N–H and O–H groups in total. The van der Waals surface area contributed by atoms with Gasteiger partial charge in [-0.15, -0.1) is 0 Å². The largest absolute Gasteiger partial charge is 0.281 e. The first-order valence-electron chi connectivity index (χ1n) is 4.64. The Balaban J connectivity index is 5.16. The lowest BCUT2D eigenvalue weighted by molar-refractivity contribution is -0.111. The first-order chi connectivity index (χ1) is 5.44. The molecule has 1 nitrogen and oxygen atoms in total. The zero-order valence-corrected chi connectivity index (χ0v) is 3.54. The Labute approximate surface area is 52.1 Å². The van der Waals surface area contributed by atoms with Gasteiger partial charge in [0.2, 0.25) is 5.24 Å².